The zero-order valence-corrected chi connectivity index (χ0v) is 11.3. The van der Waals surface area contributed by atoms with Crippen molar-refractivity contribution in [1.82, 2.24) is 10.1 Å². The van der Waals surface area contributed by atoms with E-state index in [1.807, 2.05) is 0 Å². The van der Waals surface area contributed by atoms with E-state index >= 15 is 0 Å². The van der Waals surface area contributed by atoms with Gasteiger partial charge in [0.2, 0.25) is 5.82 Å². The third-order valence-corrected chi connectivity index (χ3v) is 3.07. The third-order valence-electron chi connectivity index (χ3n) is 3.07. The summed E-state index contributed by atoms with van der Waals surface area (Å²) in [6.45, 7) is 0. The molecule has 0 saturated heterocycles. The molecule has 0 aliphatic heterocycles. The molecule has 0 unspecified atom stereocenters. The first kappa shape index (κ1) is 14.6. The fourth-order valence-corrected chi connectivity index (χ4v) is 1.95. The molecule has 1 heterocycles. The molecule has 0 atom stereocenters. The van der Waals surface area contributed by atoms with Gasteiger partial charge in [0.15, 0.2) is 0 Å². The summed E-state index contributed by atoms with van der Waals surface area (Å²) in [5.74, 6) is -3.36. The Balaban J connectivity index is 2.07. The number of aromatic hydroxyl groups is 1. The maximum Gasteiger partial charge on any atom is 0.335 e. The van der Waals surface area contributed by atoms with Gasteiger partial charge in [0.05, 0.1) is 16.7 Å². The highest BCUT2D eigenvalue weighted by atomic mass is 19.1. The van der Waals surface area contributed by atoms with Crippen molar-refractivity contribution in [3.8, 4) is 28.6 Å². The van der Waals surface area contributed by atoms with Gasteiger partial charge in [-0.2, -0.15) is 4.98 Å². The summed E-state index contributed by atoms with van der Waals surface area (Å²) in [7, 11) is 0. The Kier molecular flexibility index (Phi) is 3.49. The number of carboxylic acid groups (broad SMARTS) is 1. The van der Waals surface area contributed by atoms with Crippen molar-refractivity contribution in [2.24, 2.45) is 0 Å². The molecule has 0 aliphatic carbocycles. The molecule has 6 nitrogen and oxygen atoms in total. The Morgan fingerprint density at radius 2 is 1.87 bits per heavy atom. The highest BCUT2D eigenvalue weighted by Gasteiger charge is 2.18. The lowest BCUT2D eigenvalue weighted by molar-refractivity contribution is 0.0697. The number of halogens is 2. The fourth-order valence-electron chi connectivity index (χ4n) is 1.95. The van der Waals surface area contributed by atoms with Gasteiger partial charge in [-0.25, -0.2) is 13.6 Å². The molecule has 0 fully saturated rings. The van der Waals surface area contributed by atoms with Crippen LogP contribution in [-0.2, 0) is 0 Å². The van der Waals surface area contributed by atoms with Crippen LogP contribution in [0.15, 0.2) is 40.9 Å². The number of aromatic nitrogens is 2. The molecule has 3 rings (SSSR count). The molecule has 0 aliphatic rings. The Morgan fingerprint density at radius 3 is 2.61 bits per heavy atom. The molecule has 2 aromatic carbocycles. The number of nitrogens with zero attached hydrogens (tertiary/aromatic N) is 2. The molecule has 1 aromatic heterocycles. The van der Waals surface area contributed by atoms with Gasteiger partial charge in [0.25, 0.3) is 5.89 Å². The van der Waals surface area contributed by atoms with Gasteiger partial charge in [-0.15, -0.1) is 0 Å². The van der Waals surface area contributed by atoms with Crippen LogP contribution >= 0.6 is 0 Å². The SMILES string of the molecule is O=C(O)c1ccc(O)c(-c2noc(-c3cc(F)ccc3F)n2)c1. The Labute approximate surface area is 127 Å². The van der Waals surface area contributed by atoms with Crippen molar-refractivity contribution in [1.29, 1.82) is 0 Å². The van der Waals surface area contributed by atoms with Crippen LogP contribution in [0.1, 0.15) is 10.4 Å². The lowest BCUT2D eigenvalue weighted by Crippen LogP contribution is -1.96. The van der Waals surface area contributed by atoms with Crippen molar-refractivity contribution >= 4 is 5.97 Å². The highest BCUT2D eigenvalue weighted by Crippen LogP contribution is 2.30. The fraction of sp³-hybridized carbons (Fsp3) is 0. The predicted molar refractivity (Wildman–Crippen MR) is 73.7 cm³/mol. The molecule has 0 amide bonds. The first-order valence-electron chi connectivity index (χ1n) is 6.31. The Bertz CT molecular complexity index is 908. The number of aromatic carboxylic acids is 1. The second-order valence-electron chi connectivity index (χ2n) is 4.58. The van der Waals surface area contributed by atoms with Crippen molar-refractivity contribution in [2.45, 2.75) is 0 Å². The van der Waals surface area contributed by atoms with E-state index in [0.717, 1.165) is 30.3 Å². The van der Waals surface area contributed by atoms with E-state index in [0.29, 0.717) is 0 Å². The normalized spacial score (nSPS) is 10.7. The quantitative estimate of drug-likeness (QED) is 0.770. The molecule has 23 heavy (non-hydrogen) atoms. The monoisotopic (exact) mass is 318 g/mol. The summed E-state index contributed by atoms with van der Waals surface area (Å²) in [6, 6.07) is 6.26. The molecular weight excluding hydrogens is 310 g/mol. The van der Waals surface area contributed by atoms with Crippen LogP contribution in [0.3, 0.4) is 0 Å². The van der Waals surface area contributed by atoms with Gasteiger partial charge >= 0.3 is 5.97 Å². The van der Waals surface area contributed by atoms with Crippen molar-refractivity contribution < 1.29 is 28.3 Å². The summed E-state index contributed by atoms with van der Waals surface area (Å²) in [4.78, 5) is 14.8. The first-order valence-corrected chi connectivity index (χ1v) is 6.31. The minimum Gasteiger partial charge on any atom is -0.507 e. The summed E-state index contributed by atoms with van der Waals surface area (Å²) in [5, 5.41) is 22.3. The summed E-state index contributed by atoms with van der Waals surface area (Å²) < 4.78 is 31.8. The lowest BCUT2D eigenvalue weighted by Gasteiger charge is -2.01. The zero-order valence-electron chi connectivity index (χ0n) is 11.3. The maximum atomic E-state index is 13.7. The number of phenolic OH excluding ortho intramolecular Hbond substituents is 1. The first-order chi connectivity index (χ1) is 11.0. The molecule has 0 bridgehead atoms. The number of hydrogen-bond donors (Lipinski definition) is 2. The number of carbonyl (C=O) groups is 1. The van der Waals surface area contributed by atoms with Gasteiger partial charge in [-0.05, 0) is 36.4 Å². The second kappa shape index (κ2) is 5.48. The van der Waals surface area contributed by atoms with Crippen molar-refractivity contribution in [2.75, 3.05) is 0 Å². The largest absolute Gasteiger partial charge is 0.507 e. The van der Waals surface area contributed by atoms with E-state index in [2.05, 4.69) is 10.1 Å². The number of rotatable bonds is 3. The summed E-state index contributed by atoms with van der Waals surface area (Å²) in [5.41, 5.74) is -0.338. The average Bonchev–Trinajstić information content (AvgIpc) is 2.99. The van der Waals surface area contributed by atoms with E-state index < -0.39 is 17.6 Å². The van der Waals surface area contributed by atoms with Gasteiger partial charge < -0.3 is 14.7 Å². The molecule has 3 aromatic rings. The van der Waals surface area contributed by atoms with Crippen LogP contribution in [0.5, 0.6) is 5.75 Å². The molecule has 116 valence electrons. The number of phenols is 1. The van der Waals surface area contributed by atoms with Crippen LogP contribution in [-0.4, -0.2) is 26.3 Å². The van der Waals surface area contributed by atoms with Crippen LogP contribution in [0.4, 0.5) is 8.78 Å². The van der Waals surface area contributed by atoms with Crippen molar-refractivity contribution in [3.05, 3.63) is 53.6 Å². The number of benzene rings is 2. The van der Waals surface area contributed by atoms with Crippen LogP contribution < -0.4 is 0 Å². The second-order valence-corrected chi connectivity index (χ2v) is 4.58. The molecule has 8 heteroatoms. The Morgan fingerprint density at radius 1 is 1.09 bits per heavy atom. The van der Waals surface area contributed by atoms with E-state index in [-0.39, 0.29) is 34.2 Å². The van der Waals surface area contributed by atoms with Gasteiger partial charge in [-0.1, -0.05) is 5.16 Å². The zero-order chi connectivity index (χ0) is 16.6. The topological polar surface area (TPSA) is 96.5 Å². The van der Waals surface area contributed by atoms with E-state index in [1.165, 1.54) is 6.07 Å². The smallest absolute Gasteiger partial charge is 0.335 e. The van der Waals surface area contributed by atoms with Gasteiger partial charge in [0, 0.05) is 0 Å². The van der Waals surface area contributed by atoms with Gasteiger partial charge in [-0.3, -0.25) is 0 Å². The van der Waals surface area contributed by atoms with Crippen LogP contribution in [0.2, 0.25) is 0 Å². The van der Waals surface area contributed by atoms with E-state index in [4.69, 9.17) is 9.63 Å². The van der Waals surface area contributed by atoms with E-state index in [9.17, 15) is 18.7 Å². The summed E-state index contributed by atoms with van der Waals surface area (Å²) in [6.07, 6.45) is 0. The number of hydrogen-bond acceptors (Lipinski definition) is 5. The highest BCUT2D eigenvalue weighted by molar-refractivity contribution is 5.90. The molecular formula is C15H8F2N2O4. The predicted octanol–water partition coefficient (Wildman–Crippen LogP) is 3.09. The van der Waals surface area contributed by atoms with Crippen LogP contribution in [0.25, 0.3) is 22.8 Å². The minimum absolute atomic E-state index is 0.00305. The Hall–Kier alpha value is -3.29. The van der Waals surface area contributed by atoms with E-state index in [1.54, 1.807) is 0 Å². The molecule has 2 N–H and O–H groups in total. The molecule has 0 radical (unpaired) electrons. The molecule has 0 saturated carbocycles. The van der Waals surface area contributed by atoms with Gasteiger partial charge in [0.1, 0.15) is 17.4 Å². The van der Waals surface area contributed by atoms with Crippen molar-refractivity contribution in [3.63, 3.8) is 0 Å². The third kappa shape index (κ3) is 2.73. The molecule has 0 spiro atoms. The number of carboxylic acids is 1. The maximum absolute atomic E-state index is 13.7. The lowest BCUT2D eigenvalue weighted by atomic mass is 10.1. The van der Waals surface area contributed by atoms with Crippen LogP contribution in [0, 0.1) is 11.6 Å². The standard InChI is InChI=1S/C15H8F2N2O4/c16-8-2-3-11(17)9(6-8)14-18-13(19-23-14)10-5-7(15(21)22)1-4-12(10)20/h1-6,20H,(H,21,22). The summed E-state index contributed by atoms with van der Waals surface area (Å²) >= 11 is 0. The average molecular weight is 318 g/mol. The minimum atomic E-state index is -1.20.